The minimum absolute atomic E-state index is 0.172. The maximum absolute atomic E-state index is 11.2. The fourth-order valence-electron chi connectivity index (χ4n) is 1.87. The lowest BCUT2D eigenvalue weighted by Gasteiger charge is -2.08. The van der Waals surface area contributed by atoms with Gasteiger partial charge in [0, 0.05) is 12.5 Å². The molecule has 15 heavy (non-hydrogen) atoms. The quantitative estimate of drug-likeness (QED) is 0.786. The molecular weight excluding hydrogens is 214 g/mol. The van der Waals surface area contributed by atoms with Gasteiger partial charge in [-0.1, -0.05) is 23.7 Å². The first-order valence-corrected chi connectivity index (χ1v) is 5.19. The summed E-state index contributed by atoms with van der Waals surface area (Å²) >= 11 is 6.03. The molecule has 0 spiro atoms. The third kappa shape index (κ3) is 1.92. The number of anilines is 1. The molecule has 1 aliphatic heterocycles. The lowest BCUT2D eigenvalue weighted by Crippen LogP contribution is -2.10. The number of nitrogens with one attached hydrogen (secondary N) is 1. The second-order valence-corrected chi connectivity index (χ2v) is 3.97. The maximum Gasteiger partial charge on any atom is 0.306 e. The zero-order chi connectivity index (χ0) is 10.8. The van der Waals surface area contributed by atoms with Crippen molar-refractivity contribution in [2.75, 3.05) is 19.0 Å². The summed E-state index contributed by atoms with van der Waals surface area (Å²) in [5.41, 5.74) is 2.06. The molecule has 1 aliphatic rings. The van der Waals surface area contributed by atoms with Crippen molar-refractivity contribution < 1.29 is 9.53 Å². The SMILES string of the molecule is COC(=O)CC1CNc2c(Cl)cccc21. The molecule has 0 aromatic heterocycles. The van der Waals surface area contributed by atoms with E-state index in [9.17, 15) is 4.79 Å². The number of para-hydroxylation sites is 1. The van der Waals surface area contributed by atoms with Crippen LogP contribution in [0.2, 0.25) is 5.02 Å². The molecule has 1 unspecified atom stereocenters. The van der Waals surface area contributed by atoms with Crippen molar-refractivity contribution in [1.29, 1.82) is 0 Å². The zero-order valence-corrected chi connectivity index (χ0v) is 9.17. The molecule has 0 bridgehead atoms. The van der Waals surface area contributed by atoms with Gasteiger partial charge in [0.05, 0.1) is 24.2 Å². The Morgan fingerprint density at radius 3 is 3.20 bits per heavy atom. The van der Waals surface area contributed by atoms with E-state index >= 15 is 0 Å². The second-order valence-electron chi connectivity index (χ2n) is 3.56. The number of hydrogen-bond donors (Lipinski definition) is 1. The molecule has 1 aromatic rings. The molecule has 1 heterocycles. The average molecular weight is 226 g/mol. The molecule has 0 saturated heterocycles. The highest BCUT2D eigenvalue weighted by Crippen LogP contribution is 2.38. The molecule has 2 rings (SSSR count). The summed E-state index contributed by atoms with van der Waals surface area (Å²) in [6, 6.07) is 5.74. The monoisotopic (exact) mass is 225 g/mol. The van der Waals surface area contributed by atoms with Gasteiger partial charge >= 0.3 is 5.97 Å². The second kappa shape index (κ2) is 4.11. The van der Waals surface area contributed by atoms with Gasteiger partial charge < -0.3 is 10.1 Å². The fourth-order valence-corrected chi connectivity index (χ4v) is 2.12. The maximum atomic E-state index is 11.2. The van der Waals surface area contributed by atoms with Crippen LogP contribution < -0.4 is 5.32 Å². The predicted molar refractivity (Wildman–Crippen MR) is 59.3 cm³/mol. The zero-order valence-electron chi connectivity index (χ0n) is 8.42. The normalized spacial score (nSPS) is 18.1. The smallest absolute Gasteiger partial charge is 0.306 e. The fraction of sp³-hybridized carbons (Fsp3) is 0.364. The molecule has 0 saturated carbocycles. The van der Waals surface area contributed by atoms with Crippen molar-refractivity contribution in [3.63, 3.8) is 0 Å². The number of fused-ring (bicyclic) bond motifs is 1. The highest BCUT2D eigenvalue weighted by molar-refractivity contribution is 6.33. The van der Waals surface area contributed by atoms with E-state index in [2.05, 4.69) is 10.1 Å². The molecule has 1 atom stereocenters. The Labute approximate surface area is 93.4 Å². The van der Waals surface area contributed by atoms with Crippen LogP contribution in [0.1, 0.15) is 17.9 Å². The summed E-state index contributed by atoms with van der Waals surface area (Å²) in [5.74, 6) is -0.0132. The molecule has 1 N–H and O–H groups in total. The number of hydrogen-bond acceptors (Lipinski definition) is 3. The minimum Gasteiger partial charge on any atom is -0.469 e. The number of methoxy groups -OCH3 is 1. The van der Waals surface area contributed by atoms with E-state index in [0.717, 1.165) is 17.8 Å². The van der Waals surface area contributed by atoms with Crippen LogP contribution in [0.5, 0.6) is 0 Å². The van der Waals surface area contributed by atoms with Gasteiger partial charge in [0.2, 0.25) is 0 Å². The van der Waals surface area contributed by atoms with E-state index < -0.39 is 0 Å². The van der Waals surface area contributed by atoms with Crippen molar-refractivity contribution in [1.82, 2.24) is 0 Å². The first-order valence-electron chi connectivity index (χ1n) is 4.81. The third-order valence-corrected chi connectivity index (χ3v) is 2.97. The molecule has 0 fully saturated rings. The minimum atomic E-state index is -0.186. The number of benzene rings is 1. The van der Waals surface area contributed by atoms with Gasteiger partial charge in [-0.25, -0.2) is 0 Å². The highest BCUT2D eigenvalue weighted by atomic mass is 35.5. The van der Waals surface area contributed by atoms with E-state index in [1.165, 1.54) is 7.11 Å². The summed E-state index contributed by atoms with van der Waals surface area (Å²) in [5, 5.41) is 3.92. The largest absolute Gasteiger partial charge is 0.469 e. The van der Waals surface area contributed by atoms with Crippen LogP contribution in [0, 0.1) is 0 Å². The first-order chi connectivity index (χ1) is 7.22. The standard InChI is InChI=1S/C11H12ClNO2/c1-15-10(14)5-7-6-13-11-8(7)3-2-4-9(11)12/h2-4,7,13H,5-6H2,1H3. The Bertz CT molecular complexity index is 392. The van der Waals surface area contributed by atoms with Crippen molar-refractivity contribution in [2.24, 2.45) is 0 Å². The number of carbonyl (C=O) groups excluding carboxylic acids is 1. The van der Waals surface area contributed by atoms with Crippen LogP contribution in [0.3, 0.4) is 0 Å². The Balaban J connectivity index is 2.21. The number of rotatable bonds is 2. The Hall–Kier alpha value is -1.22. The van der Waals surface area contributed by atoms with Crippen LogP contribution in [0.4, 0.5) is 5.69 Å². The van der Waals surface area contributed by atoms with Crippen molar-refractivity contribution in [3.8, 4) is 0 Å². The molecule has 3 nitrogen and oxygen atoms in total. The summed E-state index contributed by atoms with van der Waals surface area (Å²) in [7, 11) is 1.41. The molecule has 0 aliphatic carbocycles. The van der Waals surface area contributed by atoms with E-state index in [-0.39, 0.29) is 11.9 Å². The molecule has 0 amide bonds. The van der Waals surface area contributed by atoms with Gasteiger partial charge in [-0.05, 0) is 11.6 Å². The predicted octanol–water partition coefficient (Wildman–Crippen LogP) is 2.41. The van der Waals surface area contributed by atoms with E-state index in [0.29, 0.717) is 11.4 Å². The summed E-state index contributed by atoms with van der Waals surface area (Å²) < 4.78 is 4.66. The molecule has 1 aromatic carbocycles. The topological polar surface area (TPSA) is 38.3 Å². The van der Waals surface area contributed by atoms with Gasteiger partial charge in [0.15, 0.2) is 0 Å². The van der Waals surface area contributed by atoms with Gasteiger partial charge in [0.25, 0.3) is 0 Å². The Morgan fingerprint density at radius 1 is 1.67 bits per heavy atom. The van der Waals surface area contributed by atoms with Crippen molar-refractivity contribution >= 4 is 23.3 Å². The number of esters is 1. The molecule has 4 heteroatoms. The third-order valence-electron chi connectivity index (χ3n) is 2.65. The first kappa shape index (κ1) is 10.3. The Kier molecular flexibility index (Phi) is 2.82. The highest BCUT2D eigenvalue weighted by Gasteiger charge is 2.25. The summed E-state index contributed by atoms with van der Waals surface area (Å²) in [4.78, 5) is 11.2. The summed E-state index contributed by atoms with van der Waals surface area (Å²) in [6.45, 7) is 0.744. The van der Waals surface area contributed by atoms with Crippen LogP contribution >= 0.6 is 11.6 Å². The van der Waals surface area contributed by atoms with Crippen molar-refractivity contribution in [2.45, 2.75) is 12.3 Å². The van der Waals surface area contributed by atoms with Gasteiger partial charge in [-0.15, -0.1) is 0 Å². The van der Waals surface area contributed by atoms with Crippen LogP contribution in [-0.4, -0.2) is 19.6 Å². The molecule has 0 radical (unpaired) electrons. The van der Waals surface area contributed by atoms with Gasteiger partial charge in [-0.2, -0.15) is 0 Å². The van der Waals surface area contributed by atoms with Gasteiger partial charge in [-0.3, -0.25) is 4.79 Å². The van der Waals surface area contributed by atoms with Gasteiger partial charge in [0.1, 0.15) is 0 Å². The van der Waals surface area contributed by atoms with E-state index in [1.54, 1.807) is 0 Å². The molecular formula is C11H12ClNO2. The lowest BCUT2D eigenvalue weighted by atomic mass is 9.98. The molecule has 80 valence electrons. The van der Waals surface area contributed by atoms with Crippen LogP contribution in [-0.2, 0) is 9.53 Å². The summed E-state index contributed by atoms with van der Waals surface area (Å²) in [6.07, 6.45) is 0.400. The Morgan fingerprint density at radius 2 is 2.47 bits per heavy atom. The van der Waals surface area contributed by atoms with Crippen LogP contribution in [0.15, 0.2) is 18.2 Å². The number of halogens is 1. The average Bonchev–Trinajstić information content (AvgIpc) is 2.63. The van der Waals surface area contributed by atoms with E-state index in [4.69, 9.17) is 11.6 Å². The van der Waals surface area contributed by atoms with E-state index in [1.807, 2.05) is 18.2 Å². The van der Waals surface area contributed by atoms with Crippen LogP contribution in [0.25, 0.3) is 0 Å². The van der Waals surface area contributed by atoms with Crippen molar-refractivity contribution in [3.05, 3.63) is 28.8 Å². The number of carbonyl (C=O) groups is 1. The number of ether oxygens (including phenoxy) is 1. The lowest BCUT2D eigenvalue weighted by molar-refractivity contribution is -0.140.